The summed E-state index contributed by atoms with van der Waals surface area (Å²) in [5.74, 6) is -0.799. The highest BCUT2D eigenvalue weighted by Crippen LogP contribution is 2.34. The summed E-state index contributed by atoms with van der Waals surface area (Å²) in [6, 6.07) is 8.43. The van der Waals surface area contributed by atoms with Gasteiger partial charge in [0.05, 0.1) is 15.0 Å². The topological polar surface area (TPSA) is 110 Å². The lowest BCUT2D eigenvalue weighted by molar-refractivity contribution is -0.384. The molecule has 160 valence electrons. The number of nitrogens with zero attached hydrogens (tertiary/aromatic N) is 2. The maximum absolute atomic E-state index is 12.9. The predicted octanol–water partition coefficient (Wildman–Crippen LogP) is 4.59. The van der Waals surface area contributed by atoms with Gasteiger partial charge in [0.1, 0.15) is 9.92 Å². The molecule has 0 aromatic heterocycles. The summed E-state index contributed by atoms with van der Waals surface area (Å²) in [5.41, 5.74) is -0.0685. The molecule has 1 heterocycles. The number of sulfonamides is 1. The van der Waals surface area contributed by atoms with Gasteiger partial charge in [-0.1, -0.05) is 40.9 Å². The number of benzene rings is 2. The standard InChI is InChI=1S/C18H16Cl3N3O5S/c19-13-5-4-12(10-16(13)24(26)27)22-18(25)11-6-8-23(9-7-11)30(28,29)17-14(20)2-1-3-15(17)21/h1-5,10-11H,6-9H2,(H,22,25). The molecular weight excluding hydrogens is 477 g/mol. The van der Waals surface area contributed by atoms with E-state index in [2.05, 4.69) is 5.32 Å². The Bertz CT molecular complexity index is 1080. The molecule has 1 saturated heterocycles. The van der Waals surface area contributed by atoms with E-state index in [0.29, 0.717) is 0 Å². The van der Waals surface area contributed by atoms with Crippen molar-refractivity contribution in [2.75, 3.05) is 18.4 Å². The highest BCUT2D eigenvalue weighted by Gasteiger charge is 2.34. The molecule has 1 amide bonds. The summed E-state index contributed by atoms with van der Waals surface area (Å²) < 4.78 is 27.1. The molecule has 8 nitrogen and oxygen atoms in total. The Balaban J connectivity index is 1.68. The van der Waals surface area contributed by atoms with Crippen LogP contribution in [0.2, 0.25) is 15.1 Å². The van der Waals surface area contributed by atoms with Crippen molar-refractivity contribution in [2.24, 2.45) is 5.92 Å². The molecular formula is C18H16Cl3N3O5S. The first-order valence-electron chi connectivity index (χ1n) is 8.80. The van der Waals surface area contributed by atoms with Crippen molar-refractivity contribution in [3.05, 3.63) is 61.6 Å². The fraction of sp³-hybridized carbons (Fsp3) is 0.278. The van der Waals surface area contributed by atoms with Crippen LogP contribution in [0.25, 0.3) is 0 Å². The predicted molar refractivity (Wildman–Crippen MR) is 115 cm³/mol. The first kappa shape index (κ1) is 22.8. The van der Waals surface area contributed by atoms with Crippen LogP contribution in [0.15, 0.2) is 41.3 Å². The summed E-state index contributed by atoms with van der Waals surface area (Å²) in [6.07, 6.45) is 0.561. The van der Waals surface area contributed by atoms with Crippen molar-refractivity contribution >= 4 is 62.1 Å². The summed E-state index contributed by atoms with van der Waals surface area (Å²) in [7, 11) is -3.90. The number of nitro benzene ring substituents is 1. The Morgan fingerprint density at radius 1 is 1.07 bits per heavy atom. The molecule has 1 N–H and O–H groups in total. The van der Waals surface area contributed by atoms with Crippen LogP contribution in [0.1, 0.15) is 12.8 Å². The molecule has 3 rings (SSSR count). The van der Waals surface area contributed by atoms with Gasteiger partial charge >= 0.3 is 0 Å². The SMILES string of the molecule is O=C(Nc1ccc(Cl)c([N+](=O)[O-])c1)C1CCN(S(=O)(=O)c2c(Cl)cccc2Cl)CC1. The van der Waals surface area contributed by atoms with Gasteiger partial charge in [-0.25, -0.2) is 8.42 Å². The summed E-state index contributed by atoms with van der Waals surface area (Å²) in [5, 5.41) is 13.6. The van der Waals surface area contributed by atoms with Gasteiger partial charge in [-0.15, -0.1) is 0 Å². The molecule has 2 aromatic rings. The van der Waals surface area contributed by atoms with E-state index in [9.17, 15) is 23.3 Å². The molecule has 0 saturated carbocycles. The molecule has 30 heavy (non-hydrogen) atoms. The summed E-state index contributed by atoms with van der Waals surface area (Å²) in [4.78, 5) is 22.7. The number of hydrogen-bond donors (Lipinski definition) is 1. The van der Waals surface area contributed by atoms with E-state index < -0.39 is 20.9 Å². The summed E-state index contributed by atoms with van der Waals surface area (Å²) >= 11 is 17.8. The van der Waals surface area contributed by atoms with Gasteiger partial charge in [-0.05, 0) is 37.1 Å². The lowest BCUT2D eigenvalue weighted by Crippen LogP contribution is -2.41. The molecule has 2 aromatic carbocycles. The number of carbonyl (C=O) groups excluding carboxylic acids is 1. The second-order valence-corrected chi connectivity index (χ2v) is 9.74. The quantitative estimate of drug-likeness (QED) is 0.485. The third-order valence-electron chi connectivity index (χ3n) is 4.75. The first-order chi connectivity index (χ1) is 14.1. The van der Waals surface area contributed by atoms with E-state index in [1.807, 2.05) is 0 Å². The number of hydrogen-bond acceptors (Lipinski definition) is 5. The maximum atomic E-state index is 12.9. The number of amides is 1. The molecule has 1 aliphatic rings. The van der Waals surface area contributed by atoms with Gasteiger partial charge in [0.15, 0.2) is 0 Å². The largest absolute Gasteiger partial charge is 0.326 e. The lowest BCUT2D eigenvalue weighted by atomic mass is 9.97. The molecule has 0 spiro atoms. The molecule has 0 radical (unpaired) electrons. The van der Waals surface area contributed by atoms with Crippen LogP contribution < -0.4 is 5.32 Å². The minimum absolute atomic E-state index is 0.0326. The van der Waals surface area contributed by atoms with E-state index in [4.69, 9.17) is 34.8 Å². The van der Waals surface area contributed by atoms with Crippen molar-refractivity contribution in [1.29, 1.82) is 0 Å². The Morgan fingerprint density at radius 3 is 2.23 bits per heavy atom. The van der Waals surface area contributed by atoms with Crippen molar-refractivity contribution in [2.45, 2.75) is 17.7 Å². The van der Waals surface area contributed by atoms with Gasteiger partial charge in [0.2, 0.25) is 15.9 Å². The van der Waals surface area contributed by atoms with E-state index in [1.165, 1.54) is 34.6 Å². The third-order valence-corrected chi connectivity index (χ3v) is 7.93. The zero-order valence-corrected chi connectivity index (χ0v) is 18.4. The monoisotopic (exact) mass is 491 g/mol. The van der Waals surface area contributed by atoms with Crippen molar-refractivity contribution < 1.29 is 18.1 Å². The zero-order chi connectivity index (χ0) is 22.1. The average Bonchev–Trinajstić information content (AvgIpc) is 2.69. The van der Waals surface area contributed by atoms with E-state index in [0.717, 1.165) is 0 Å². The normalized spacial score (nSPS) is 15.7. The molecule has 0 unspecified atom stereocenters. The summed E-state index contributed by atoms with van der Waals surface area (Å²) in [6.45, 7) is 0.228. The number of halogens is 3. The Morgan fingerprint density at radius 2 is 1.67 bits per heavy atom. The van der Waals surface area contributed by atoms with Crippen LogP contribution in [0, 0.1) is 16.0 Å². The van der Waals surface area contributed by atoms with Gasteiger partial charge in [-0.2, -0.15) is 4.31 Å². The molecule has 12 heteroatoms. The number of nitro groups is 1. The lowest BCUT2D eigenvalue weighted by Gasteiger charge is -2.31. The van der Waals surface area contributed by atoms with Crippen molar-refractivity contribution in [3.63, 3.8) is 0 Å². The average molecular weight is 493 g/mol. The van der Waals surface area contributed by atoms with Crippen molar-refractivity contribution in [3.8, 4) is 0 Å². The fourth-order valence-corrected chi connectivity index (χ4v) is 5.94. The van der Waals surface area contributed by atoms with Gasteiger partial charge in [0.25, 0.3) is 5.69 Å². The molecule has 1 fully saturated rings. The first-order valence-corrected chi connectivity index (χ1v) is 11.4. The number of nitrogens with one attached hydrogen (secondary N) is 1. The van der Waals surface area contributed by atoms with Crippen LogP contribution in [-0.2, 0) is 14.8 Å². The number of anilines is 1. The van der Waals surface area contributed by atoms with Gasteiger partial charge < -0.3 is 5.32 Å². The maximum Gasteiger partial charge on any atom is 0.289 e. The zero-order valence-electron chi connectivity index (χ0n) is 15.3. The van der Waals surface area contributed by atoms with Crippen LogP contribution >= 0.6 is 34.8 Å². The smallest absolute Gasteiger partial charge is 0.289 e. The van der Waals surface area contributed by atoms with Crippen molar-refractivity contribution in [1.82, 2.24) is 4.31 Å². The number of carbonyl (C=O) groups is 1. The Kier molecular flexibility index (Phi) is 6.88. The van der Waals surface area contributed by atoms with Crippen LogP contribution in [0.5, 0.6) is 0 Å². The minimum Gasteiger partial charge on any atom is -0.326 e. The van der Waals surface area contributed by atoms with E-state index in [-0.39, 0.29) is 63.2 Å². The molecule has 0 bridgehead atoms. The highest BCUT2D eigenvalue weighted by molar-refractivity contribution is 7.89. The number of rotatable bonds is 5. The molecule has 0 atom stereocenters. The van der Waals surface area contributed by atoms with Crippen LogP contribution in [-0.4, -0.2) is 36.6 Å². The van der Waals surface area contributed by atoms with E-state index >= 15 is 0 Å². The highest BCUT2D eigenvalue weighted by atomic mass is 35.5. The van der Waals surface area contributed by atoms with Crippen LogP contribution in [0.3, 0.4) is 0 Å². The number of piperidine rings is 1. The Labute approximate surface area is 187 Å². The van der Waals surface area contributed by atoms with Gasteiger partial charge in [0, 0.05) is 30.8 Å². The third kappa shape index (κ3) is 4.70. The molecule has 0 aliphatic carbocycles. The second kappa shape index (κ2) is 9.07. The Hall–Kier alpha value is -1.91. The second-order valence-electron chi connectivity index (χ2n) is 6.64. The van der Waals surface area contributed by atoms with Crippen LogP contribution in [0.4, 0.5) is 11.4 Å². The van der Waals surface area contributed by atoms with Gasteiger partial charge in [-0.3, -0.25) is 14.9 Å². The molecule has 1 aliphatic heterocycles. The van der Waals surface area contributed by atoms with E-state index in [1.54, 1.807) is 6.07 Å². The minimum atomic E-state index is -3.90. The fourth-order valence-electron chi connectivity index (χ4n) is 3.19.